The molecule has 2 atom stereocenters. The van der Waals surface area contributed by atoms with E-state index in [1.165, 1.54) is 16.8 Å². The zero-order chi connectivity index (χ0) is 28.9. The van der Waals surface area contributed by atoms with E-state index in [0.29, 0.717) is 35.1 Å². The number of benzene rings is 1. The SMILES string of the molecule is CNc1ncc2cc(C3CC3NC(=O)Nc3cc(C(C)(C)C)nn3-c3cccc(F)c3)c(=O)n(C3CCCC3)c2n1. The van der Waals surface area contributed by atoms with Gasteiger partial charge in [-0.25, -0.2) is 18.9 Å². The summed E-state index contributed by atoms with van der Waals surface area (Å²) in [5.41, 5.74) is 2.27. The van der Waals surface area contributed by atoms with E-state index in [1.807, 2.05) is 31.4 Å². The minimum absolute atomic E-state index is 0.0427. The van der Waals surface area contributed by atoms with Gasteiger partial charge in [0.2, 0.25) is 5.95 Å². The van der Waals surface area contributed by atoms with Crippen molar-refractivity contribution in [3.63, 3.8) is 0 Å². The first kappa shape index (κ1) is 26.9. The van der Waals surface area contributed by atoms with Gasteiger partial charge in [0.15, 0.2) is 0 Å². The molecule has 214 valence electrons. The number of carbonyl (C=O) groups is 1. The van der Waals surface area contributed by atoms with E-state index < -0.39 is 11.8 Å². The molecular weight excluding hydrogens is 523 g/mol. The minimum atomic E-state index is -0.408. The number of nitrogens with zero attached hydrogens (tertiary/aromatic N) is 5. The smallest absolute Gasteiger partial charge is 0.320 e. The summed E-state index contributed by atoms with van der Waals surface area (Å²) in [6.07, 6.45) is 6.47. The van der Waals surface area contributed by atoms with Crippen LogP contribution in [0.4, 0.5) is 21.0 Å². The number of urea groups is 1. The molecule has 3 heterocycles. The van der Waals surface area contributed by atoms with Crippen molar-refractivity contribution in [1.29, 1.82) is 0 Å². The van der Waals surface area contributed by atoms with Crippen LogP contribution in [0, 0.1) is 5.82 Å². The normalized spacial score (nSPS) is 19.0. The molecule has 41 heavy (non-hydrogen) atoms. The molecule has 10 nitrogen and oxygen atoms in total. The van der Waals surface area contributed by atoms with Crippen LogP contribution in [0.1, 0.15) is 76.1 Å². The van der Waals surface area contributed by atoms with Crippen molar-refractivity contribution in [1.82, 2.24) is 29.6 Å². The number of halogens is 1. The second-order valence-electron chi connectivity index (χ2n) is 12.0. The molecule has 2 saturated carbocycles. The molecule has 0 spiro atoms. The zero-order valence-corrected chi connectivity index (χ0v) is 23.7. The summed E-state index contributed by atoms with van der Waals surface area (Å²) < 4.78 is 17.4. The molecule has 3 N–H and O–H groups in total. The predicted molar refractivity (Wildman–Crippen MR) is 156 cm³/mol. The number of carbonyl (C=O) groups excluding carboxylic acids is 1. The summed E-state index contributed by atoms with van der Waals surface area (Å²) in [4.78, 5) is 35.9. The Morgan fingerprint density at radius 2 is 1.90 bits per heavy atom. The average molecular weight is 559 g/mol. The highest BCUT2D eigenvalue weighted by Gasteiger charge is 2.42. The second-order valence-corrected chi connectivity index (χ2v) is 12.0. The second kappa shape index (κ2) is 10.3. The first-order chi connectivity index (χ1) is 19.6. The van der Waals surface area contributed by atoms with E-state index in [1.54, 1.807) is 31.4 Å². The molecule has 2 unspecified atom stereocenters. The van der Waals surface area contributed by atoms with E-state index in [2.05, 4.69) is 31.0 Å². The first-order valence-corrected chi connectivity index (χ1v) is 14.2. The lowest BCUT2D eigenvalue weighted by Crippen LogP contribution is -2.33. The van der Waals surface area contributed by atoms with Crippen LogP contribution in [0.25, 0.3) is 16.7 Å². The molecule has 2 aliphatic carbocycles. The molecule has 0 radical (unpaired) electrons. The fourth-order valence-corrected chi connectivity index (χ4v) is 5.69. The Bertz CT molecular complexity index is 1680. The van der Waals surface area contributed by atoms with Crippen LogP contribution in [0.15, 0.2) is 47.4 Å². The fraction of sp³-hybridized carbons (Fsp3) is 0.433. The van der Waals surface area contributed by atoms with Crippen LogP contribution >= 0.6 is 0 Å². The predicted octanol–water partition coefficient (Wildman–Crippen LogP) is 5.25. The Morgan fingerprint density at radius 3 is 2.61 bits per heavy atom. The summed E-state index contributed by atoms with van der Waals surface area (Å²) in [6, 6.07) is 9.27. The quantitative estimate of drug-likeness (QED) is 0.298. The maximum Gasteiger partial charge on any atom is 0.320 e. The Balaban J connectivity index is 1.25. The van der Waals surface area contributed by atoms with Crippen LogP contribution < -0.4 is 21.5 Å². The monoisotopic (exact) mass is 558 g/mol. The molecular formula is C30H35FN8O2. The van der Waals surface area contributed by atoms with Gasteiger partial charge in [-0.3, -0.25) is 14.7 Å². The van der Waals surface area contributed by atoms with Crippen LogP contribution in [-0.4, -0.2) is 43.4 Å². The Kier molecular flexibility index (Phi) is 6.75. The Hall–Kier alpha value is -4.28. The maximum absolute atomic E-state index is 14.0. The lowest BCUT2D eigenvalue weighted by molar-refractivity contribution is 0.251. The maximum atomic E-state index is 14.0. The third kappa shape index (κ3) is 5.28. The molecule has 0 bridgehead atoms. The van der Waals surface area contributed by atoms with E-state index in [4.69, 9.17) is 0 Å². The topological polar surface area (TPSA) is 119 Å². The van der Waals surface area contributed by atoms with Gasteiger partial charge in [0, 0.05) is 53.7 Å². The number of nitrogens with one attached hydrogen (secondary N) is 3. The van der Waals surface area contributed by atoms with Gasteiger partial charge >= 0.3 is 6.03 Å². The van der Waals surface area contributed by atoms with Crippen molar-refractivity contribution in [3.05, 3.63) is 70.0 Å². The Morgan fingerprint density at radius 1 is 1.12 bits per heavy atom. The average Bonchev–Trinajstić information content (AvgIpc) is 3.28. The van der Waals surface area contributed by atoms with Crippen molar-refractivity contribution < 1.29 is 9.18 Å². The molecule has 2 aliphatic rings. The molecule has 2 fully saturated rings. The number of amides is 2. The molecule has 0 aliphatic heterocycles. The number of aromatic nitrogens is 5. The number of hydrogen-bond donors (Lipinski definition) is 3. The van der Waals surface area contributed by atoms with Crippen molar-refractivity contribution in [2.45, 2.75) is 76.3 Å². The minimum Gasteiger partial charge on any atom is -0.357 e. The van der Waals surface area contributed by atoms with E-state index in [9.17, 15) is 14.0 Å². The van der Waals surface area contributed by atoms with Crippen molar-refractivity contribution in [2.75, 3.05) is 17.7 Å². The lowest BCUT2D eigenvalue weighted by atomic mass is 9.92. The van der Waals surface area contributed by atoms with Crippen molar-refractivity contribution >= 4 is 28.8 Å². The van der Waals surface area contributed by atoms with Crippen LogP contribution in [-0.2, 0) is 5.41 Å². The van der Waals surface area contributed by atoms with E-state index in [0.717, 1.165) is 36.8 Å². The van der Waals surface area contributed by atoms with E-state index >= 15 is 0 Å². The summed E-state index contributed by atoms with van der Waals surface area (Å²) in [5, 5.41) is 14.3. The van der Waals surface area contributed by atoms with Crippen molar-refractivity contribution in [2.24, 2.45) is 0 Å². The standard InChI is InChI=1S/C30H35FN8O2/c1-30(2,3)24-15-25(39(37-24)20-11-7-8-18(31)13-20)35-29(41)34-23-14-21(23)22-12-17-16-33-28(32-4)36-26(17)38(27(22)40)19-9-5-6-10-19/h7-8,11-13,15-16,19,21,23H,5-6,9-10,14H2,1-4H3,(H,32,33,36)(H2,34,35,41). The van der Waals surface area contributed by atoms with Gasteiger partial charge in [-0.05, 0) is 43.5 Å². The van der Waals surface area contributed by atoms with Crippen molar-refractivity contribution in [3.8, 4) is 5.69 Å². The number of rotatable bonds is 6. The number of anilines is 2. The third-order valence-corrected chi connectivity index (χ3v) is 7.99. The fourth-order valence-electron chi connectivity index (χ4n) is 5.69. The van der Waals surface area contributed by atoms with Gasteiger partial charge < -0.3 is 10.6 Å². The molecule has 2 amide bonds. The first-order valence-electron chi connectivity index (χ1n) is 14.2. The summed E-state index contributed by atoms with van der Waals surface area (Å²) in [7, 11) is 1.76. The van der Waals surface area contributed by atoms with Gasteiger partial charge in [0.05, 0.1) is 11.4 Å². The van der Waals surface area contributed by atoms with Crippen LogP contribution in [0.2, 0.25) is 0 Å². The Labute approximate surface area is 237 Å². The molecule has 6 rings (SSSR count). The highest BCUT2D eigenvalue weighted by Crippen LogP contribution is 2.41. The van der Waals surface area contributed by atoms with Gasteiger partial charge in [-0.1, -0.05) is 39.7 Å². The number of hydrogen-bond acceptors (Lipinski definition) is 6. The molecule has 3 aromatic heterocycles. The third-order valence-electron chi connectivity index (χ3n) is 7.99. The molecule has 0 saturated heterocycles. The largest absolute Gasteiger partial charge is 0.357 e. The van der Waals surface area contributed by atoms with Gasteiger partial charge in [-0.15, -0.1) is 0 Å². The van der Waals surface area contributed by atoms with E-state index in [-0.39, 0.29) is 29.0 Å². The van der Waals surface area contributed by atoms with Crippen LogP contribution in [0.5, 0.6) is 0 Å². The van der Waals surface area contributed by atoms with Gasteiger partial charge in [0.1, 0.15) is 17.3 Å². The summed E-state index contributed by atoms with van der Waals surface area (Å²) >= 11 is 0. The van der Waals surface area contributed by atoms with Crippen LogP contribution in [0.3, 0.4) is 0 Å². The summed E-state index contributed by atoms with van der Waals surface area (Å²) in [6.45, 7) is 6.07. The molecule has 11 heteroatoms. The number of fused-ring (bicyclic) bond motifs is 1. The zero-order valence-electron chi connectivity index (χ0n) is 23.7. The van der Waals surface area contributed by atoms with Gasteiger partial charge in [-0.2, -0.15) is 10.1 Å². The molecule has 4 aromatic rings. The molecule has 1 aromatic carbocycles. The number of pyridine rings is 1. The highest BCUT2D eigenvalue weighted by molar-refractivity contribution is 5.89. The summed E-state index contributed by atoms with van der Waals surface area (Å²) in [5.74, 6) is 0.415. The highest BCUT2D eigenvalue weighted by atomic mass is 19.1. The van der Waals surface area contributed by atoms with Gasteiger partial charge in [0.25, 0.3) is 5.56 Å². The lowest BCUT2D eigenvalue weighted by Gasteiger charge is -2.18.